The monoisotopic (exact) mass is 338 g/mol. The second kappa shape index (κ2) is 6.88. The lowest BCUT2D eigenvalue weighted by molar-refractivity contribution is -0.133. The molecule has 1 aromatic carbocycles. The first-order chi connectivity index (χ1) is 12.3. The minimum atomic E-state index is -0.0662. The predicted molar refractivity (Wildman–Crippen MR) is 90.0 cm³/mol. The second-order valence-electron chi connectivity index (χ2n) is 6.09. The Morgan fingerprint density at radius 3 is 3.08 bits per heavy atom. The van der Waals surface area contributed by atoms with Gasteiger partial charge in [0.05, 0.1) is 13.0 Å². The Kier molecular flexibility index (Phi) is 4.28. The van der Waals surface area contributed by atoms with E-state index in [2.05, 4.69) is 15.4 Å². The zero-order valence-corrected chi connectivity index (χ0v) is 13.7. The number of amides is 1. The maximum atomic E-state index is 12.7. The van der Waals surface area contributed by atoms with E-state index in [1.807, 2.05) is 29.2 Å². The van der Waals surface area contributed by atoms with Crippen molar-refractivity contribution < 1.29 is 14.1 Å². The summed E-state index contributed by atoms with van der Waals surface area (Å²) < 4.78 is 11.1. The van der Waals surface area contributed by atoms with Crippen molar-refractivity contribution in [1.82, 2.24) is 20.3 Å². The van der Waals surface area contributed by atoms with Crippen molar-refractivity contribution >= 4 is 16.9 Å². The van der Waals surface area contributed by atoms with Crippen LogP contribution in [0.25, 0.3) is 11.0 Å². The molecule has 1 saturated heterocycles. The van der Waals surface area contributed by atoms with Gasteiger partial charge in [-0.2, -0.15) is 5.10 Å². The normalized spacial score (nSPS) is 17.6. The summed E-state index contributed by atoms with van der Waals surface area (Å²) in [6, 6.07) is 11.1. The SMILES string of the molecule is O=C(Cc1noc2ccccc12)N1CCC[C@H](Oc2cccnn2)C1. The van der Waals surface area contributed by atoms with Crippen LogP contribution in [0.3, 0.4) is 0 Å². The molecular formula is C18H18N4O3. The van der Waals surface area contributed by atoms with E-state index in [0.717, 1.165) is 24.8 Å². The molecule has 0 radical (unpaired) electrons. The van der Waals surface area contributed by atoms with Crippen LogP contribution in [0.1, 0.15) is 18.5 Å². The topological polar surface area (TPSA) is 81.4 Å². The molecular weight excluding hydrogens is 320 g/mol. The van der Waals surface area contributed by atoms with Gasteiger partial charge in [0.15, 0.2) is 5.58 Å². The molecule has 1 fully saturated rings. The van der Waals surface area contributed by atoms with E-state index in [0.29, 0.717) is 23.7 Å². The van der Waals surface area contributed by atoms with E-state index in [4.69, 9.17) is 9.26 Å². The number of fused-ring (bicyclic) bond motifs is 1. The summed E-state index contributed by atoms with van der Waals surface area (Å²) in [6.45, 7) is 1.28. The first kappa shape index (κ1) is 15.6. The Morgan fingerprint density at radius 1 is 1.28 bits per heavy atom. The van der Waals surface area contributed by atoms with E-state index in [1.165, 1.54) is 0 Å². The lowest BCUT2D eigenvalue weighted by Gasteiger charge is -2.32. The van der Waals surface area contributed by atoms with Gasteiger partial charge in [0.1, 0.15) is 11.8 Å². The van der Waals surface area contributed by atoms with Gasteiger partial charge in [-0.3, -0.25) is 4.79 Å². The molecule has 7 heteroatoms. The smallest absolute Gasteiger partial charge is 0.233 e. The van der Waals surface area contributed by atoms with Crippen LogP contribution >= 0.6 is 0 Å². The third-order valence-electron chi connectivity index (χ3n) is 4.34. The molecule has 0 saturated carbocycles. The maximum Gasteiger partial charge on any atom is 0.233 e. The summed E-state index contributed by atoms with van der Waals surface area (Å²) in [7, 11) is 0. The van der Waals surface area contributed by atoms with Crippen molar-refractivity contribution in [2.75, 3.05) is 13.1 Å². The molecule has 3 heterocycles. The zero-order chi connectivity index (χ0) is 17.1. The molecule has 128 valence electrons. The number of aromatic nitrogens is 3. The van der Waals surface area contributed by atoms with Crippen LogP contribution in [-0.4, -0.2) is 45.4 Å². The number of ether oxygens (including phenoxy) is 1. The molecule has 3 aromatic rings. The standard InChI is InChI=1S/C18H18N4O3/c23-18(11-15-14-6-1-2-7-16(14)25-21-15)22-10-4-5-13(12-22)24-17-8-3-9-19-20-17/h1-3,6-9,13H,4-5,10-12H2/t13-/m0/s1. The van der Waals surface area contributed by atoms with Crippen LogP contribution in [-0.2, 0) is 11.2 Å². The van der Waals surface area contributed by atoms with Crippen LogP contribution < -0.4 is 4.74 Å². The van der Waals surface area contributed by atoms with E-state index >= 15 is 0 Å². The molecule has 1 amide bonds. The van der Waals surface area contributed by atoms with Crippen molar-refractivity contribution in [3.63, 3.8) is 0 Å². The Hall–Kier alpha value is -2.96. The van der Waals surface area contributed by atoms with Gasteiger partial charge in [0.25, 0.3) is 0 Å². The molecule has 0 N–H and O–H groups in total. The molecule has 7 nitrogen and oxygen atoms in total. The molecule has 1 aliphatic rings. The highest BCUT2D eigenvalue weighted by molar-refractivity contribution is 5.86. The molecule has 25 heavy (non-hydrogen) atoms. The Bertz CT molecular complexity index is 865. The average Bonchev–Trinajstić information content (AvgIpc) is 3.06. The largest absolute Gasteiger partial charge is 0.471 e. The predicted octanol–water partition coefficient (Wildman–Crippen LogP) is 2.23. The number of para-hydroxylation sites is 1. The molecule has 0 unspecified atom stereocenters. The zero-order valence-electron chi connectivity index (χ0n) is 13.7. The summed E-state index contributed by atoms with van der Waals surface area (Å²) in [5.74, 6) is 0.524. The van der Waals surface area contributed by atoms with Crippen molar-refractivity contribution in [2.45, 2.75) is 25.4 Å². The fraction of sp³-hybridized carbons (Fsp3) is 0.333. The van der Waals surface area contributed by atoms with Crippen LogP contribution in [0.4, 0.5) is 0 Å². The fourth-order valence-corrected chi connectivity index (χ4v) is 3.10. The minimum Gasteiger partial charge on any atom is -0.471 e. The van der Waals surface area contributed by atoms with Gasteiger partial charge in [-0.05, 0) is 31.0 Å². The summed E-state index contributed by atoms with van der Waals surface area (Å²) in [6.07, 6.45) is 3.56. The lowest BCUT2D eigenvalue weighted by Crippen LogP contribution is -2.45. The van der Waals surface area contributed by atoms with Crippen LogP contribution in [0, 0.1) is 0 Å². The highest BCUT2D eigenvalue weighted by Gasteiger charge is 2.26. The van der Waals surface area contributed by atoms with Gasteiger partial charge in [0.2, 0.25) is 11.8 Å². The maximum absolute atomic E-state index is 12.7. The van der Waals surface area contributed by atoms with Crippen LogP contribution in [0.15, 0.2) is 47.1 Å². The summed E-state index contributed by atoms with van der Waals surface area (Å²) >= 11 is 0. The molecule has 1 aliphatic heterocycles. The van der Waals surface area contributed by atoms with Gasteiger partial charge in [-0.1, -0.05) is 17.3 Å². The molecule has 0 aliphatic carbocycles. The first-order valence-electron chi connectivity index (χ1n) is 8.35. The van der Waals surface area contributed by atoms with Gasteiger partial charge in [-0.15, -0.1) is 5.10 Å². The second-order valence-corrected chi connectivity index (χ2v) is 6.09. The molecule has 1 atom stereocenters. The van der Waals surface area contributed by atoms with Gasteiger partial charge in [-0.25, -0.2) is 0 Å². The molecule has 4 rings (SSSR count). The number of carbonyl (C=O) groups is 1. The number of carbonyl (C=O) groups excluding carboxylic acids is 1. The summed E-state index contributed by atoms with van der Waals surface area (Å²) in [5, 5.41) is 12.7. The minimum absolute atomic E-state index is 0.0338. The third-order valence-corrected chi connectivity index (χ3v) is 4.34. The molecule has 2 aromatic heterocycles. The number of nitrogens with zero attached hydrogens (tertiary/aromatic N) is 4. The quantitative estimate of drug-likeness (QED) is 0.725. The number of rotatable bonds is 4. The Balaban J connectivity index is 1.41. The number of hydrogen-bond donors (Lipinski definition) is 0. The number of hydrogen-bond acceptors (Lipinski definition) is 6. The lowest BCUT2D eigenvalue weighted by atomic mass is 10.1. The first-order valence-corrected chi connectivity index (χ1v) is 8.35. The van der Waals surface area contributed by atoms with Crippen LogP contribution in [0.2, 0.25) is 0 Å². The Morgan fingerprint density at radius 2 is 2.20 bits per heavy atom. The van der Waals surface area contributed by atoms with E-state index in [-0.39, 0.29) is 18.4 Å². The van der Waals surface area contributed by atoms with Crippen molar-refractivity contribution in [2.24, 2.45) is 0 Å². The van der Waals surface area contributed by atoms with Gasteiger partial charge in [0, 0.05) is 24.2 Å². The fourth-order valence-electron chi connectivity index (χ4n) is 3.10. The van der Waals surface area contributed by atoms with Gasteiger partial charge < -0.3 is 14.2 Å². The average molecular weight is 338 g/mol. The van der Waals surface area contributed by atoms with Gasteiger partial charge >= 0.3 is 0 Å². The van der Waals surface area contributed by atoms with Crippen molar-refractivity contribution in [3.8, 4) is 5.88 Å². The van der Waals surface area contributed by atoms with Crippen LogP contribution in [0.5, 0.6) is 5.88 Å². The van der Waals surface area contributed by atoms with Crippen molar-refractivity contribution in [1.29, 1.82) is 0 Å². The van der Waals surface area contributed by atoms with Crippen molar-refractivity contribution in [3.05, 3.63) is 48.3 Å². The number of piperidine rings is 1. The summed E-state index contributed by atoms with van der Waals surface area (Å²) in [4.78, 5) is 14.5. The van der Waals surface area contributed by atoms with E-state index in [1.54, 1.807) is 18.3 Å². The third kappa shape index (κ3) is 3.45. The number of benzene rings is 1. The number of likely N-dealkylation sites (tertiary alicyclic amines) is 1. The van der Waals surface area contributed by atoms with E-state index < -0.39 is 0 Å². The Labute approximate surface area is 144 Å². The van der Waals surface area contributed by atoms with E-state index in [9.17, 15) is 4.79 Å². The molecule has 0 bridgehead atoms. The highest BCUT2D eigenvalue weighted by atomic mass is 16.5. The highest BCUT2D eigenvalue weighted by Crippen LogP contribution is 2.20. The molecule has 0 spiro atoms. The summed E-state index contributed by atoms with van der Waals surface area (Å²) in [5.41, 5.74) is 1.38.